The van der Waals surface area contributed by atoms with Crippen molar-refractivity contribution < 1.29 is 9.53 Å². The van der Waals surface area contributed by atoms with Gasteiger partial charge in [0.05, 0.1) is 13.2 Å². The van der Waals surface area contributed by atoms with Crippen molar-refractivity contribution in [2.75, 3.05) is 21.2 Å². The number of halogens is 1. The van der Waals surface area contributed by atoms with Crippen LogP contribution in [0.1, 0.15) is 11.6 Å². The van der Waals surface area contributed by atoms with Crippen molar-refractivity contribution in [3.05, 3.63) is 28.2 Å². The van der Waals surface area contributed by atoms with Gasteiger partial charge in [-0.15, -0.1) is 0 Å². The zero-order valence-corrected chi connectivity index (χ0v) is 10.6. The van der Waals surface area contributed by atoms with Gasteiger partial charge in [0.15, 0.2) is 0 Å². The van der Waals surface area contributed by atoms with E-state index < -0.39 is 0 Å². The number of rotatable bonds is 4. The molecular weight excluding hydrogens is 258 g/mol. The van der Waals surface area contributed by atoms with Crippen molar-refractivity contribution >= 4 is 22.2 Å². The molecule has 0 spiro atoms. The molecule has 1 unspecified atom stereocenters. The molecule has 1 aromatic carbocycles. The molecule has 0 aliphatic rings. The van der Waals surface area contributed by atoms with Crippen LogP contribution in [-0.4, -0.2) is 32.4 Å². The number of likely N-dealkylation sites (N-methyl/N-ethyl adjacent to an activating group) is 1. The highest BCUT2D eigenvalue weighted by Gasteiger charge is 2.17. The Morgan fingerprint density at radius 3 is 2.60 bits per heavy atom. The summed E-state index contributed by atoms with van der Waals surface area (Å²) in [7, 11) is 5.32. The summed E-state index contributed by atoms with van der Waals surface area (Å²) in [6.07, 6.45) is 0.907. The Morgan fingerprint density at radius 2 is 2.13 bits per heavy atom. The van der Waals surface area contributed by atoms with Crippen LogP contribution < -0.4 is 4.74 Å². The fraction of sp³-hybridized carbons (Fsp3) is 0.364. The molecule has 0 saturated carbocycles. The lowest BCUT2D eigenvalue weighted by molar-refractivity contribution is -0.111. The molecule has 3 nitrogen and oxygen atoms in total. The van der Waals surface area contributed by atoms with E-state index in [9.17, 15) is 4.79 Å². The molecule has 0 heterocycles. The molecule has 1 aromatic rings. The maximum absolute atomic E-state index is 11.0. The fourth-order valence-corrected chi connectivity index (χ4v) is 1.79. The van der Waals surface area contributed by atoms with Crippen LogP contribution in [0.5, 0.6) is 5.75 Å². The van der Waals surface area contributed by atoms with Gasteiger partial charge in [-0.05, 0) is 32.3 Å². The smallest absolute Gasteiger partial charge is 0.141 e. The van der Waals surface area contributed by atoms with E-state index in [4.69, 9.17) is 4.74 Å². The SMILES string of the molecule is COc1ccc(Br)cc1C(C=O)N(C)C. The summed E-state index contributed by atoms with van der Waals surface area (Å²) in [5, 5.41) is 0. The van der Waals surface area contributed by atoms with E-state index >= 15 is 0 Å². The minimum absolute atomic E-state index is 0.280. The first kappa shape index (κ1) is 12.2. The topological polar surface area (TPSA) is 29.5 Å². The van der Waals surface area contributed by atoms with Crippen LogP contribution in [0.15, 0.2) is 22.7 Å². The van der Waals surface area contributed by atoms with Crippen molar-refractivity contribution in [1.29, 1.82) is 0 Å². The number of carbonyl (C=O) groups is 1. The van der Waals surface area contributed by atoms with Crippen LogP contribution in [0.2, 0.25) is 0 Å². The summed E-state index contributed by atoms with van der Waals surface area (Å²) in [5.74, 6) is 0.726. The number of carbonyl (C=O) groups excluding carboxylic acids is 1. The largest absolute Gasteiger partial charge is 0.496 e. The predicted molar refractivity (Wildman–Crippen MR) is 63.2 cm³/mol. The second-order valence-corrected chi connectivity index (χ2v) is 4.35. The predicted octanol–water partition coefficient (Wildman–Crippen LogP) is 2.26. The number of benzene rings is 1. The first-order valence-corrected chi connectivity index (χ1v) is 5.34. The Labute approximate surface area is 98.2 Å². The molecule has 0 amide bonds. The maximum Gasteiger partial charge on any atom is 0.141 e. The van der Waals surface area contributed by atoms with E-state index in [0.717, 1.165) is 22.1 Å². The normalized spacial score (nSPS) is 12.6. The molecule has 0 aliphatic carbocycles. The number of hydrogen-bond donors (Lipinski definition) is 0. The third kappa shape index (κ3) is 2.79. The molecular formula is C11H14BrNO2. The summed E-state index contributed by atoms with van der Waals surface area (Å²) >= 11 is 3.38. The monoisotopic (exact) mass is 271 g/mol. The van der Waals surface area contributed by atoms with Gasteiger partial charge in [-0.1, -0.05) is 15.9 Å². The Bertz CT molecular complexity index is 352. The number of nitrogens with zero attached hydrogens (tertiary/aromatic N) is 1. The van der Waals surface area contributed by atoms with Crippen molar-refractivity contribution in [2.45, 2.75) is 6.04 Å². The van der Waals surface area contributed by atoms with Crippen molar-refractivity contribution in [3.63, 3.8) is 0 Å². The lowest BCUT2D eigenvalue weighted by atomic mass is 10.1. The molecule has 1 rings (SSSR count). The Hall–Kier alpha value is -0.870. The van der Waals surface area contributed by atoms with Crippen molar-refractivity contribution in [3.8, 4) is 5.75 Å². The Balaban J connectivity index is 3.19. The third-order valence-corrected chi connectivity index (χ3v) is 2.69. The van der Waals surface area contributed by atoms with E-state index in [1.165, 1.54) is 0 Å². The van der Waals surface area contributed by atoms with Gasteiger partial charge in [0.2, 0.25) is 0 Å². The molecule has 0 N–H and O–H groups in total. The second kappa shape index (κ2) is 5.28. The number of hydrogen-bond acceptors (Lipinski definition) is 3. The lowest BCUT2D eigenvalue weighted by Gasteiger charge is -2.21. The minimum Gasteiger partial charge on any atom is -0.496 e. The van der Waals surface area contributed by atoms with Crippen LogP contribution in [0.25, 0.3) is 0 Å². The third-order valence-electron chi connectivity index (χ3n) is 2.20. The van der Waals surface area contributed by atoms with Crippen LogP contribution in [0.4, 0.5) is 0 Å². The molecule has 0 fully saturated rings. The summed E-state index contributed by atoms with van der Waals surface area (Å²) < 4.78 is 6.16. The lowest BCUT2D eigenvalue weighted by Crippen LogP contribution is -2.21. The standard InChI is InChI=1S/C11H14BrNO2/c1-13(2)10(7-14)9-6-8(12)4-5-11(9)15-3/h4-7,10H,1-3H3. The number of aldehydes is 1. The van der Waals surface area contributed by atoms with Gasteiger partial charge in [-0.2, -0.15) is 0 Å². The zero-order valence-electron chi connectivity index (χ0n) is 9.03. The second-order valence-electron chi connectivity index (χ2n) is 3.43. The molecule has 15 heavy (non-hydrogen) atoms. The van der Waals surface area contributed by atoms with E-state index in [1.807, 2.05) is 37.2 Å². The minimum atomic E-state index is -0.280. The average Bonchev–Trinajstić information content (AvgIpc) is 2.18. The molecule has 0 bridgehead atoms. The highest BCUT2D eigenvalue weighted by atomic mass is 79.9. The molecule has 0 radical (unpaired) electrons. The molecule has 0 aromatic heterocycles. The van der Waals surface area contributed by atoms with E-state index in [2.05, 4.69) is 15.9 Å². The highest BCUT2D eigenvalue weighted by Crippen LogP contribution is 2.29. The van der Waals surface area contributed by atoms with Gasteiger partial charge < -0.3 is 9.53 Å². The van der Waals surface area contributed by atoms with E-state index in [1.54, 1.807) is 7.11 Å². The van der Waals surface area contributed by atoms with Crippen molar-refractivity contribution in [1.82, 2.24) is 4.90 Å². The number of methoxy groups -OCH3 is 1. The summed E-state index contributed by atoms with van der Waals surface area (Å²) in [4.78, 5) is 12.9. The molecule has 0 saturated heterocycles. The first-order valence-electron chi connectivity index (χ1n) is 4.55. The first-order chi connectivity index (χ1) is 7.10. The molecule has 0 aliphatic heterocycles. The highest BCUT2D eigenvalue weighted by molar-refractivity contribution is 9.10. The van der Waals surface area contributed by atoms with Crippen LogP contribution in [0, 0.1) is 0 Å². The Kier molecular flexibility index (Phi) is 4.29. The van der Waals surface area contributed by atoms with Gasteiger partial charge in [-0.3, -0.25) is 4.90 Å². The quantitative estimate of drug-likeness (QED) is 0.787. The molecule has 82 valence electrons. The average molecular weight is 272 g/mol. The van der Waals surface area contributed by atoms with Gasteiger partial charge >= 0.3 is 0 Å². The van der Waals surface area contributed by atoms with E-state index in [-0.39, 0.29) is 6.04 Å². The van der Waals surface area contributed by atoms with Crippen LogP contribution in [0.3, 0.4) is 0 Å². The summed E-state index contributed by atoms with van der Waals surface area (Å²) in [6.45, 7) is 0. The Morgan fingerprint density at radius 1 is 1.47 bits per heavy atom. The van der Waals surface area contributed by atoms with Gasteiger partial charge in [-0.25, -0.2) is 0 Å². The summed E-state index contributed by atoms with van der Waals surface area (Å²) in [5.41, 5.74) is 0.867. The maximum atomic E-state index is 11.0. The van der Waals surface area contributed by atoms with Gasteiger partial charge in [0.25, 0.3) is 0 Å². The van der Waals surface area contributed by atoms with E-state index in [0.29, 0.717) is 0 Å². The molecule has 1 atom stereocenters. The van der Waals surface area contributed by atoms with Gasteiger partial charge in [0, 0.05) is 10.0 Å². The van der Waals surface area contributed by atoms with Gasteiger partial charge in [0.1, 0.15) is 12.0 Å². The van der Waals surface area contributed by atoms with Crippen molar-refractivity contribution in [2.24, 2.45) is 0 Å². The fourth-order valence-electron chi connectivity index (χ4n) is 1.41. The van der Waals surface area contributed by atoms with Crippen LogP contribution >= 0.6 is 15.9 Å². The van der Waals surface area contributed by atoms with Crippen LogP contribution in [-0.2, 0) is 4.79 Å². The summed E-state index contributed by atoms with van der Waals surface area (Å²) in [6, 6.07) is 5.36. The zero-order chi connectivity index (χ0) is 11.4. The number of ether oxygens (including phenoxy) is 1. The molecule has 4 heteroatoms.